The Morgan fingerprint density at radius 3 is 2.43 bits per heavy atom. The van der Waals surface area contributed by atoms with Crippen molar-refractivity contribution in [3.05, 3.63) is 54.1 Å². The van der Waals surface area contributed by atoms with E-state index in [1.165, 1.54) is 18.2 Å². The van der Waals surface area contributed by atoms with Crippen molar-refractivity contribution in [3.8, 4) is 11.5 Å². The summed E-state index contributed by atoms with van der Waals surface area (Å²) in [4.78, 5) is 16.0. The van der Waals surface area contributed by atoms with E-state index in [0.717, 1.165) is 11.8 Å². The molecule has 2 aromatic carbocycles. The molecule has 2 fully saturated rings. The van der Waals surface area contributed by atoms with Gasteiger partial charge in [-0.05, 0) is 61.5 Å². The first-order chi connectivity index (χ1) is 16.7. The van der Waals surface area contributed by atoms with E-state index in [1.54, 1.807) is 36.3 Å². The van der Waals surface area contributed by atoms with Gasteiger partial charge in [0.15, 0.2) is 11.2 Å². The quantitative estimate of drug-likeness (QED) is 0.563. The van der Waals surface area contributed by atoms with Crippen molar-refractivity contribution in [1.82, 2.24) is 9.80 Å². The highest BCUT2D eigenvalue weighted by molar-refractivity contribution is 7.80. The van der Waals surface area contributed by atoms with Gasteiger partial charge in [-0.3, -0.25) is 0 Å². The number of carbonyl (C=O) groups is 1. The van der Waals surface area contributed by atoms with Crippen LogP contribution in [-0.2, 0) is 10.9 Å². The maximum Gasteiger partial charge on any atom is 0.418 e. The Balaban J connectivity index is 1.26. The number of methoxy groups -OCH3 is 1. The summed E-state index contributed by atoms with van der Waals surface area (Å²) in [6.07, 6.45) is -3.99. The molecule has 0 radical (unpaired) electrons. The van der Waals surface area contributed by atoms with Gasteiger partial charge in [0.25, 0.3) is 0 Å². The Bertz CT molecular complexity index is 1040. The number of cyclic esters (lactones) is 1. The van der Waals surface area contributed by atoms with Crippen molar-refractivity contribution < 1.29 is 32.2 Å². The number of piperidine rings is 1. The van der Waals surface area contributed by atoms with E-state index >= 15 is 0 Å². The first kappa shape index (κ1) is 24.9. The summed E-state index contributed by atoms with van der Waals surface area (Å²) in [5.74, 6) is 1.38. The average molecular weight is 510 g/mol. The van der Waals surface area contributed by atoms with Crippen LogP contribution in [0.25, 0.3) is 0 Å². The van der Waals surface area contributed by atoms with E-state index in [1.807, 2.05) is 4.90 Å². The van der Waals surface area contributed by atoms with E-state index in [0.29, 0.717) is 38.2 Å². The number of thiocarbonyl (C=S) groups is 1. The van der Waals surface area contributed by atoms with Gasteiger partial charge in [0.2, 0.25) is 0 Å². The second-order valence-electron chi connectivity index (χ2n) is 8.34. The third kappa shape index (κ3) is 6.08. The maximum atomic E-state index is 13.3. The fourth-order valence-electron chi connectivity index (χ4n) is 4.20. The zero-order chi connectivity index (χ0) is 25.0. The third-order valence-electron chi connectivity index (χ3n) is 6.06. The van der Waals surface area contributed by atoms with Crippen LogP contribution in [0.15, 0.2) is 48.5 Å². The van der Waals surface area contributed by atoms with Gasteiger partial charge in [-0.25, -0.2) is 4.79 Å². The summed E-state index contributed by atoms with van der Waals surface area (Å²) < 4.78 is 56.1. The standard InChI is InChI=1S/C24H26F3N3O4S/c1-32-17-6-8-18(9-7-17)33-15-19-14-30(23(31)34-19)16-10-12-29(13-11-16)22(35)28-21-5-3-2-4-20(21)24(25,26)27/h2-9,16,19H,10-15H2,1H3,(H,28,35). The fourth-order valence-corrected chi connectivity index (χ4v) is 4.49. The number of benzene rings is 2. The van der Waals surface area contributed by atoms with E-state index < -0.39 is 11.7 Å². The van der Waals surface area contributed by atoms with Crippen molar-refractivity contribution in [2.24, 2.45) is 0 Å². The van der Waals surface area contributed by atoms with Crippen molar-refractivity contribution in [2.75, 3.05) is 38.7 Å². The van der Waals surface area contributed by atoms with Crippen LogP contribution in [0.1, 0.15) is 18.4 Å². The summed E-state index contributed by atoms with van der Waals surface area (Å²) in [5.41, 5.74) is -0.838. The third-order valence-corrected chi connectivity index (χ3v) is 6.42. The van der Waals surface area contributed by atoms with E-state index in [-0.39, 0.29) is 35.6 Å². The van der Waals surface area contributed by atoms with Crippen molar-refractivity contribution in [2.45, 2.75) is 31.2 Å². The minimum absolute atomic E-state index is 0.0324. The van der Waals surface area contributed by atoms with Gasteiger partial charge in [-0.1, -0.05) is 12.1 Å². The topological polar surface area (TPSA) is 63.3 Å². The molecule has 0 spiro atoms. The molecular weight excluding hydrogens is 483 g/mol. The predicted octanol–water partition coefficient (Wildman–Crippen LogP) is 4.78. The second kappa shape index (κ2) is 10.6. The molecule has 1 amide bonds. The molecule has 0 bridgehead atoms. The molecular formula is C24H26F3N3O4S. The van der Waals surface area contributed by atoms with Crippen molar-refractivity contribution in [1.29, 1.82) is 0 Å². The van der Waals surface area contributed by atoms with Gasteiger partial charge in [0, 0.05) is 19.1 Å². The van der Waals surface area contributed by atoms with Crippen LogP contribution in [0.4, 0.5) is 23.7 Å². The van der Waals surface area contributed by atoms with E-state index in [2.05, 4.69) is 5.32 Å². The number of carbonyl (C=O) groups excluding carboxylic acids is 1. The van der Waals surface area contributed by atoms with Crippen molar-refractivity contribution >= 4 is 29.1 Å². The number of nitrogens with one attached hydrogen (secondary N) is 1. The molecule has 2 heterocycles. The summed E-state index contributed by atoms with van der Waals surface area (Å²) >= 11 is 5.37. The van der Waals surface area contributed by atoms with Gasteiger partial charge < -0.3 is 29.3 Å². The number of likely N-dealkylation sites (tertiary alicyclic amines) is 1. The number of amides is 1. The molecule has 11 heteroatoms. The summed E-state index contributed by atoms with van der Waals surface area (Å²) in [7, 11) is 1.59. The lowest BCUT2D eigenvalue weighted by molar-refractivity contribution is -0.136. The molecule has 7 nitrogen and oxygen atoms in total. The Kier molecular flexibility index (Phi) is 7.54. The Labute approximate surface area is 206 Å². The van der Waals surface area contributed by atoms with Crippen LogP contribution in [0, 0.1) is 0 Å². The molecule has 35 heavy (non-hydrogen) atoms. The summed E-state index contributed by atoms with van der Waals surface area (Å²) in [6, 6.07) is 12.4. The molecule has 1 N–H and O–H groups in total. The molecule has 2 aliphatic rings. The minimum atomic E-state index is -4.48. The largest absolute Gasteiger partial charge is 0.497 e. The number of rotatable bonds is 6. The Hall–Kier alpha value is -3.21. The van der Waals surface area contributed by atoms with E-state index in [9.17, 15) is 18.0 Å². The molecule has 2 aromatic rings. The fraction of sp³-hybridized carbons (Fsp3) is 0.417. The number of alkyl halides is 3. The smallest absolute Gasteiger partial charge is 0.418 e. The number of hydrogen-bond acceptors (Lipinski definition) is 5. The SMILES string of the molecule is COc1ccc(OCC2CN(C3CCN(C(=S)Nc4ccccc4C(F)(F)F)CC3)C(=O)O2)cc1. The summed E-state index contributed by atoms with van der Waals surface area (Å²) in [6.45, 7) is 1.68. The van der Waals surface area contributed by atoms with Gasteiger partial charge in [0.05, 0.1) is 24.9 Å². The maximum absolute atomic E-state index is 13.3. The normalized spacial score (nSPS) is 18.9. The van der Waals surface area contributed by atoms with Gasteiger partial charge in [-0.2, -0.15) is 13.2 Å². The molecule has 2 saturated heterocycles. The number of anilines is 1. The minimum Gasteiger partial charge on any atom is -0.497 e. The number of nitrogens with zero attached hydrogens (tertiary/aromatic N) is 2. The molecule has 1 atom stereocenters. The lowest BCUT2D eigenvalue weighted by atomic mass is 10.0. The molecule has 0 aromatic heterocycles. The lowest BCUT2D eigenvalue weighted by Gasteiger charge is -2.37. The molecule has 2 aliphatic heterocycles. The molecule has 188 valence electrons. The number of hydrogen-bond donors (Lipinski definition) is 1. The van der Waals surface area contributed by atoms with Crippen LogP contribution in [-0.4, -0.2) is 66.5 Å². The first-order valence-corrected chi connectivity index (χ1v) is 11.6. The van der Waals surface area contributed by atoms with Gasteiger partial charge >= 0.3 is 12.3 Å². The van der Waals surface area contributed by atoms with E-state index in [4.69, 9.17) is 26.4 Å². The first-order valence-electron chi connectivity index (χ1n) is 11.2. The summed E-state index contributed by atoms with van der Waals surface area (Å²) in [5, 5.41) is 2.97. The van der Waals surface area contributed by atoms with Crippen molar-refractivity contribution in [3.63, 3.8) is 0 Å². The van der Waals surface area contributed by atoms with Gasteiger partial charge in [0.1, 0.15) is 18.1 Å². The Morgan fingerprint density at radius 1 is 1.11 bits per heavy atom. The Morgan fingerprint density at radius 2 is 1.77 bits per heavy atom. The molecule has 1 unspecified atom stereocenters. The number of para-hydroxylation sites is 1. The van der Waals surface area contributed by atoms with Gasteiger partial charge in [-0.15, -0.1) is 0 Å². The number of halogens is 3. The van der Waals surface area contributed by atoms with Crippen LogP contribution >= 0.6 is 12.2 Å². The second-order valence-corrected chi connectivity index (χ2v) is 8.72. The highest BCUT2D eigenvalue weighted by Crippen LogP contribution is 2.35. The predicted molar refractivity (Wildman–Crippen MR) is 128 cm³/mol. The van der Waals surface area contributed by atoms with Crippen LogP contribution in [0.3, 0.4) is 0 Å². The highest BCUT2D eigenvalue weighted by Gasteiger charge is 2.38. The highest BCUT2D eigenvalue weighted by atomic mass is 32.1. The lowest BCUT2D eigenvalue weighted by Crippen LogP contribution is -2.48. The van der Waals surface area contributed by atoms with Crippen LogP contribution in [0.5, 0.6) is 11.5 Å². The van der Waals surface area contributed by atoms with Crippen LogP contribution in [0.2, 0.25) is 0 Å². The van der Waals surface area contributed by atoms with Crippen LogP contribution < -0.4 is 14.8 Å². The zero-order valence-corrected chi connectivity index (χ0v) is 19.9. The average Bonchev–Trinajstić information content (AvgIpc) is 3.23. The monoisotopic (exact) mass is 509 g/mol. The number of ether oxygens (including phenoxy) is 3. The molecule has 0 aliphatic carbocycles. The zero-order valence-electron chi connectivity index (χ0n) is 19.1. The molecule has 4 rings (SSSR count). The molecule has 0 saturated carbocycles.